The molecule has 8 heavy (non-hydrogen) atoms. The van der Waals surface area contributed by atoms with Gasteiger partial charge in [-0.05, 0) is 20.3 Å². The predicted molar refractivity (Wildman–Crippen MR) is 37.7 cm³/mol. The fraction of sp³-hybridized carbons (Fsp3) is 0.714. The van der Waals surface area contributed by atoms with Crippen LogP contribution in [0.2, 0.25) is 0 Å². The van der Waals surface area contributed by atoms with Crippen LogP contribution in [0.5, 0.6) is 0 Å². The topological polar surface area (TPSA) is 12.0 Å². The van der Waals surface area contributed by atoms with E-state index in [4.69, 9.17) is 0 Å². The van der Waals surface area contributed by atoms with Gasteiger partial charge in [-0.25, -0.2) is 0 Å². The van der Waals surface area contributed by atoms with E-state index in [1.165, 1.54) is 5.70 Å². The normalized spacial score (nSPS) is 11.6. The van der Waals surface area contributed by atoms with E-state index in [1.807, 2.05) is 0 Å². The number of nitrogens with one attached hydrogen (secondary N) is 1. The highest BCUT2D eigenvalue weighted by Gasteiger charge is 1.78. The zero-order chi connectivity index (χ0) is 6.41. The van der Waals surface area contributed by atoms with Crippen LogP contribution < -0.4 is 5.32 Å². The van der Waals surface area contributed by atoms with Crippen LogP contribution in [-0.4, -0.2) is 6.54 Å². The van der Waals surface area contributed by atoms with Crippen LogP contribution in [0.25, 0.3) is 0 Å². The Balaban J connectivity index is 3.29. The minimum absolute atomic E-state index is 1.03. The molecule has 1 heteroatoms. The molecule has 0 saturated carbocycles. The summed E-state index contributed by atoms with van der Waals surface area (Å²) in [5.41, 5.74) is 1.29. The van der Waals surface area contributed by atoms with Gasteiger partial charge in [0.25, 0.3) is 0 Å². The highest BCUT2D eigenvalue weighted by molar-refractivity contribution is 4.93. The molecular weight excluding hydrogens is 98.1 g/mol. The van der Waals surface area contributed by atoms with Gasteiger partial charge in [0.2, 0.25) is 0 Å². The van der Waals surface area contributed by atoms with Crippen molar-refractivity contribution < 1.29 is 0 Å². The first-order valence-corrected chi connectivity index (χ1v) is 3.21. The number of hydrogen-bond acceptors (Lipinski definition) is 1. The second kappa shape index (κ2) is 4.69. The van der Waals surface area contributed by atoms with Crippen LogP contribution in [0.15, 0.2) is 11.8 Å². The molecule has 0 aliphatic rings. The monoisotopic (exact) mass is 113 g/mol. The van der Waals surface area contributed by atoms with Crippen molar-refractivity contribution in [3.05, 3.63) is 11.8 Å². The van der Waals surface area contributed by atoms with Crippen LogP contribution in [0, 0.1) is 0 Å². The van der Waals surface area contributed by atoms with Gasteiger partial charge in [0.15, 0.2) is 0 Å². The molecule has 0 atom stereocenters. The third-order valence-electron chi connectivity index (χ3n) is 0.966. The van der Waals surface area contributed by atoms with E-state index < -0.39 is 0 Å². The van der Waals surface area contributed by atoms with Crippen molar-refractivity contribution in [2.75, 3.05) is 6.54 Å². The maximum Gasteiger partial charge on any atom is 0.0115 e. The number of hydrogen-bond donors (Lipinski definition) is 1. The third-order valence-corrected chi connectivity index (χ3v) is 0.966. The Hall–Kier alpha value is -0.460. The Morgan fingerprint density at radius 2 is 2.12 bits per heavy atom. The highest BCUT2D eigenvalue weighted by atomic mass is 14.8. The van der Waals surface area contributed by atoms with Crippen LogP contribution in [-0.2, 0) is 0 Å². The van der Waals surface area contributed by atoms with Crippen LogP contribution in [0.3, 0.4) is 0 Å². The van der Waals surface area contributed by atoms with Crippen molar-refractivity contribution in [1.29, 1.82) is 0 Å². The lowest BCUT2D eigenvalue weighted by Crippen LogP contribution is -2.08. The van der Waals surface area contributed by atoms with Gasteiger partial charge in [0.05, 0.1) is 0 Å². The first kappa shape index (κ1) is 7.54. The maximum atomic E-state index is 3.21. The standard InChI is InChI=1S/C7H15N/c1-4-6-7(3)8-5-2/h6,8H,4-5H2,1-3H3. The molecule has 0 aliphatic carbocycles. The average Bonchev–Trinajstić information content (AvgIpc) is 1.68. The Bertz CT molecular complexity index is 74.5. The molecule has 0 aliphatic heterocycles. The van der Waals surface area contributed by atoms with Crippen molar-refractivity contribution in [3.63, 3.8) is 0 Å². The minimum atomic E-state index is 1.03. The van der Waals surface area contributed by atoms with E-state index in [-0.39, 0.29) is 0 Å². The Morgan fingerprint density at radius 1 is 1.50 bits per heavy atom. The molecule has 0 rings (SSSR count). The van der Waals surface area contributed by atoms with Gasteiger partial charge < -0.3 is 5.32 Å². The van der Waals surface area contributed by atoms with Gasteiger partial charge in [0, 0.05) is 12.2 Å². The van der Waals surface area contributed by atoms with Crippen LogP contribution >= 0.6 is 0 Å². The van der Waals surface area contributed by atoms with Crippen LogP contribution in [0.1, 0.15) is 27.2 Å². The lowest BCUT2D eigenvalue weighted by atomic mass is 10.3. The second-order valence-electron chi connectivity index (χ2n) is 1.83. The summed E-state index contributed by atoms with van der Waals surface area (Å²) in [7, 11) is 0. The van der Waals surface area contributed by atoms with Gasteiger partial charge in [-0.2, -0.15) is 0 Å². The zero-order valence-electron chi connectivity index (χ0n) is 5.99. The van der Waals surface area contributed by atoms with Crippen molar-refractivity contribution in [3.8, 4) is 0 Å². The van der Waals surface area contributed by atoms with Gasteiger partial charge in [-0.3, -0.25) is 0 Å². The SMILES string of the molecule is CCC=C(C)NCC. The first-order chi connectivity index (χ1) is 3.81. The summed E-state index contributed by atoms with van der Waals surface area (Å²) < 4.78 is 0. The van der Waals surface area contributed by atoms with Crippen molar-refractivity contribution in [1.82, 2.24) is 5.32 Å². The van der Waals surface area contributed by atoms with Gasteiger partial charge in [-0.1, -0.05) is 13.0 Å². The summed E-state index contributed by atoms with van der Waals surface area (Å²) in [5.74, 6) is 0. The fourth-order valence-corrected chi connectivity index (χ4v) is 0.657. The van der Waals surface area contributed by atoms with E-state index in [9.17, 15) is 0 Å². The van der Waals surface area contributed by atoms with E-state index in [2.05, 4.69) is 32.2 Å². The molecule has 0 bridgehead atoms. The Kier molecular flexibility index (Phi) is 4.42. The molecule has 1 N–H and O–H groups in total. The van der Waals surface area contributed by atoms with E-state index in [1.54, 1.807) is 0 Å². The Morgan fingerprint density at radius 3 is 2.50 bits per heavy atom. The lowest BCUT2D eigenvalue weighted by molar-refractivity contribution is 0.845. The summed E-state index contributed by atoms with van der Waals surface area (Å²) in [6.45, 7) is 7.36. The van der Waals surface area contributed by atoms with E-state index in [0.29, 0.717) is 0 Å². The third kappa shape index (κ3) is 3.72. The smallest absolute Gasteiger partial charge is 0.0115 e. The largest absolute Gasteiger partial charge is 0.389 e. The molecule has 1 nitrogen and oxygen atoms in total. The molecule has 0 heterocycles. The highest BCUT2D eigenvalue weighted by Crippen LogP contribution is 1.87. The van der Waals surface area contributed by atoms with Crippen molar-refractivity contribution in [2.24, 2.45) is 0 Å². The molecule has 0 spiro atoms. The molecule has 0 aromatic rings. The van der Waals surface area contributed by atoms with E-state index in [0.717, 1.165) is 13.0 Å². The molecule has 0 saturated heterocycles. The van der Waals surface area contributed by atoms with Gasteiger partial charge >= 0.3 is 0 Å². The number of allylic oxidation sites excluding steroid dienone is 2. The molecule has 0 aromatic heterocycles. The molecule has 0 fully saturated rings. The maximum absolute atomic E-state index is 3.21. The lowest BCUT2D eigenvalue weighted by Gasteiger charge is -1.99. The van der Waals surface area contributed by atoms with Crippen molar-refractivity contribution >= 4 is 0 Å². The molecule has 0 amide bonds. The molecule has 48 valence electrons. The summed E-state index contributed by atoms with van der Waals surface area (Å²) in [6, 6.07) is 0. The predicted octanol–water partition coefficient (Wildman–Crippen LogP) is 1.91. The fourth-order valence-electron chi connectivity index (χ4n) is 0.657. The molecule has 0 aromatic carbocycles. The van der Waals surface area contributed by atoms with Gasteiger partial charge in [-0.15, -0.1) is 0 Å². The number of rotatable bonds is 3. The molecule has 0 radical (unpaired) electrons. The quantitative estimate of drug-likeness (QED) is 0.589. The molecular formula is C7H15N. The van der Waals surface area contributed by atoms with Crippen molar-refractivity contribution in [2.45, 2.75) is 27.2 Å². The van der Waals surface area contributed by atoms with Gasteiger partial charge in [0.1, 0.15) is 0 Å². The summed E-state index contributed by atoms with van der Waals surface area (Å²) in [6.07, 6.45) is 3.31. The first-order valence-electron chi connectivity index (χ1n) is 3.21. The second-order valence-corrected chi connectivity index (χ2v) is 1.83. The summed E-state index contributed by atoms with van der Waals surface area (Å²) in [5, 5.41) is 3.21. The molecule has 0 unspecified atom stereocenters. The van der Waals surface area contributed by atoms with Crippen LogP contribution in [0.4, 0.5) is 0 Å². The van der Waals surface area contributed by atoms with E-state index >= 15 is 0 Å². The Labute approximate surface area is 51.8 Å². The summed E-state index contributed by atoms with van der Waals surface area (Å²) in [4.78, 5) is 0. The minimum Gasteiger partial charge on any atom is -0.389 e. The average molecular weight is 113 g/mol. The summed E-state index contributed by atoms with van der Waals surface area (Å²) >= 11 is 0. The zero-order valence-corrected chi connectivity index (χ0v) is 5.99.